The van der Waals surface area contributed by atoms with Crippen LogP contribution in [0.2, 0.25) is 0 Å². The molecule has 372 valence electrons. The number of carbonyl (C=O) groups excluding carboxylic acids is 4. The second-order valence-corrected chi connectivity index (χ2v) is 17.5. The van der Waals surface area contributed by atoms with Gasteiger partial charge in [-0.3, -0.25) is 19.2 Å². The number of halogens is 4. The van der Waals surface area contributed by atoms with Crippen LogP contribution in [0.25, 0.3) is 12.2 Å². The minimum absolute atomic E-state index is 0.0535. The molecule has 8 rings (SSSR count). The number of allylic oxidation sites excluding steroid dienone is 2. The van der Waals surface area contributed by atoms with Crippen LogP contribution in [0.5, 0.6) is 0 Å². The number of hydrogen-bond acceptors (Lipinski definition) is 8. The molecule has 6 N–H and O–H groups in total. The number of nitrogens with one attached hydrogen (secondary N) is 4. The number of fused-ring (bicyclic) bond motifs is 8. The lowest BCUT2D eigenvalue weighted by atomic mass is 9.86. The fraction of sp³-hybridized carbons (Fsp3) is 0.400. The number of carbonyl (C=O) groups is 4. The summed E-state index contributed by atoms with van der Waals surface area (Å²) in [6.07, 6.45) is 8.23. The molecular formula is C50H56F4N8O8. The number of anilines is 2. The van der Waals surface area contributed by atoms with Gasteiger partial charge in [-0.05, 0) is 75.2 Å². The smallest absolute Gasteiger partial charge is 0.322 e. The molecule has 2 fully saturated rings. The number of rotatable bonds is 12. The van der Waals surface area contributed by atoms with E-state index >= 15 is 0 Å². The van der Waals surface area contributed by atoms with Gasteiger partial charge in [0.2, 0.25) is 11.8 Å². The van der Waals surface area contributed by atoms with Crippen LogP contribution in [0, 0.1) is 46.9 Å². The fourth-order valence-electron chi connectivity index (χ4n) is 10.3. The number of hydrogen-bond donors (Lipinski definition) is 6. The Kier molecular flexibility index (Phi) is 15.8. The summed E-state index contributed by atoms with van der Waals surface area (Å²) in [5.41, 5.74) is 0.604. The molecule has 6 heterocycles. The summed E-state index contributed by atoms with van der Waals surface area (Å²) in [5.74, 6) is -6.74. The van der Waals surface area contributed by atoms with Crippen LogP contribution in [-0.4, -0.2) is 91.4 Å². The minimum atomic E-state index is -0.883. The maximum Gasteiger partial charge on any atom is 0.322 e. The van der Waals surface area contributed by atoms with Gasteiger partial charge < -0.3 is 50.4 Å². The van der Waals surface area contributed by atoms with Gasteiger partial charge in [0.1, 0.15) is 23.3 Å². The van der Waals surface area contributed by atoms with Crippen molar-refractivity contribution in [3.63, 3.8) is 0 Å². The molecule has 0 spiro atoms. The number of nitrogens with zero attached hydrogens (tertiary/aromatic N) is 4. The summed E-state index contributed by atoms with van der Waals surface area (Å²) >= 11 is 0. The molecule has 4 aliphatic heterocycles. The summed E-state index contributed by atoms with van der Waals surface area (Å²) in [4.78, 5) is 82.3. The molecule has 4 aromatic rings. The third-order valence-corrected chi connectivity index (χ3v) is 13.4. The fourth-order valence-corrected chi connectivity index (χ4v) is 10.3. The van der Waals surface area contributed by atoms with Gasteiger partial charge in [0.05, 0.1) is 47.4 Å². The predicted octanol–water partition coefficient (Wildman–Crippen LogP) is 5.76. The van der Waals surface area contributed by atoms with E-state index in [1.54, 1.807) is 62.4 Å². The van der Waals surface area contributed by atoms with Crippen molar-refractivity contribution in [2.24, 2.45) is 23.7 Å². The Labute approximate surface area is 400 Å². The first-order valence-electron chi connectivity index (χ1n) is 23.2. The van der Waals surface area contributed by atoms with Gasteiger partial charge in [-0.15, -0.1) is 0 Å². The number of aromatic nitrogens is 2. The first-order chi connectivity index (χ1) is 33.6. The van der Waals surface area contributed by atoms with Gasteiger partial charge in [0, 0.05) is 85.9 Å². The lowest BCUT2D eigenvalue weighted by Crippen LogP contribution is -2.50. The molecule has 16 nitrogen and oxygen atoms in total. The van der Waals surface area contributed by atoms with Crippen molar-refractivity contribution in [3.8, 4) is 0 Å². The maximum absolute atomic E-state index is 14.2. The second kappa shape index (κ2) is 21.7. The highest BCUT2D eigenvalue weighted by molar-refractivity contribution is 5.93. The van der Waals surface area contributed by atoms with Crippen molar-refractivity contribution in [1.29, 1.82) is 0 Å². The molecule has 0 saturated carbocycles. The summed E-state index contributed by atoms with van der Waals surface area (Å²) < 4.78 is 58.9. The van der Waals surface area contributed by atoms with Crippen molar-refractivity contribution in [2.45, 2.75) is 77.8 Å². The second-order valence-electron chi connectivity index (χ2n) is 17.5. The summed E-state index contributed by atoms with van der Waals surface area (Å²) in [6, 6.07) is 7.40. The predicted molar refractivity (Wildman–Crippen MR) is 253 cm³/mol. The molecule has 6 amide bonds. The Morgan fingerprint density at radius 3 is 1.34 bits per heavy atom. The molecule has 0 aliphatic carbocycles. The van der Waals surface area contributed by atoms with E-state index in [9.17, 15) is 56.5 Å². The van der Waals surface area contributed by atoms with Crippen LogP contribution < -0.4 is 32.4 Å². The third-order valence-electron chi connectivity index (χ3n) is 13.4. The Bertz CT molecular complexity index is 2650. The number of benzene rings is 2. The first kappa shape index (κ1) is 50.8. The van der Waals surface area contributed by atoms with Crippen LogP contribution >= 0.6 is 0 Å². The van der Waals surface area contributed by atoms with Gasteiger partial charge in [-0.1, -0.05) is 38.2 Å². The van der Waals surface area contributed by atoms with Crippen LogP contribution in [0.15, 0.2) is 82.4 Å². The Hall–Kier alpha value is -7.06. The molecule has 0 unspecified atom stereocenters. The SMILES string of the molecule is C/C=C/c1ccc2n(c1=O)C[C@@H]1[C@@H](CO)[C@H](C(=O)NCCC)[C@H]2N1C(=O)Nc1cc(F)ccc1F.C/C=C\c1ccc2n(c1=O)C[C@@H]1[C@@H](CO)[C@H](C(=O)NCCC)[C@H]2N1C(=O)Nc1cc(F)ccc1F. The highest BCUT2D eigenvalue weighted by Gasteiger charge is 2.59. The standard InChI is InChI=1S/2C25H28F2N4O4/c2*1-3-5-14-6-9-19-22-21(23(33)28-10-4-2)16(13-32)20(12-30(19)24(14)34)31(22)25(35)29-18-11-15(26)7-8-17(18)27/h2*3,5-9,11,16,20-22,32H,4,10,12-13H2,1-2H3,(H,28,33)(H,29,35)/b5-3+;5-3-/t2*16-,20-,21+,22+/m11/s1. The number of amides is 6. The first-order valence-corrected chi connectivity index (χ1v) is 23.2. The van der Waals surface area contributed by atoms with Crippen LogP contribution in [0.3, 0.4) is 0 Å². The van der Waals surface area contributed by atoms with E-state index < -0.39 is 96.4 Å². The van der Waals surface area contributed by atoms with E-state index in [-0.39, 0.29) is 47.4 Å². The number of urea groups is 2. The lowest BCUT2D eigenvalue weighted by Gasteiger charge is -2.38. The Balaban J connectivity index is 0.000000206. The maximum atomic E-state index is 14.2. The number of pyridine rings is 2. The molecule has 70 heavy (non-hydrogen) atoms. The van der Waals surface area contributed by atoms with Crippen molar-refractivity contribution in [1.82, 2.24) is 29.6 Å². The zero-order valence-corrected chi connectivity index (χ0v) is 39.0. The van der Waals surface area contributed by atoms with E-state index in [4.69, 9.17) is 0 Å². The van der Waals surface area contributed by atoms with Crippen LogP contribution in [-0.2, 0) is 22.7 Å². The highest BCUT2D eigenvalue weighted by Crippen LogP contribution is 2.50. The largest absolute Gasteiger partial charge is 0.396 e. The molecule has 20 heteroatoms. The monoisotopic (exact) mass is 972 g/mol. The number of aliphatic hydroxyl groups excluding tert-OH is 2. The molecule has 4 bridgehead atoms. The van der Waals surface area contributed by atoms with Gasteiger partial charge in [-0.2, -0.15) is 0 Å². The molecule has 4 aliphatic rings. The minimum Gasteiger partial charge on any atom is -0.396 e. The van der Waals surface area contributed by atoms with Gasteiger partial charge >= 0.3 is 12.1 Å². The van der Waals surface area contributed by atoms with E-state index in [1.165, 1.54) is 18.9 Å². The number of aliphatic hydroxyl groups is 2. The van der Waals surface area contributed by atoms with Crippen molar-refractivity contribution < 1.29 is 47.0 Å². The molecule has 2 aromatic carbocycles. The topological polar surface area (TPSA) is 207 Å². The van der Waals surface area contributed by atoms with Crippen LogP contribution in [0.4, 0.5) is 38.5 Å². The van der Waals surface area contributed by atoms with E-state index in [0.717, 1.165) is 36.4 Å². The van der Waals surface area contributed by atoms with Crippen molar-refractivity contribution in [2.75, 3.05) is 36.9 Å². The zero-order valence-electron chi connectivity index (χ0n) is 39.0. The van der Waals surface area contributed by atoms with E-state index in [0.29, 0.717) is 48.4 Å². The molecule has 2 aromatic heterocycles. The van der Waals surface area contributed by atoms with Crippen molar-refractivity contribution in [3.05, 3.63) is 139 Å². The van der Waals surface area contributed by atoms with Gasteiger partial charge in [0.25, 0.3) is 11.1 Å². The average molecular weight is 973 g/mol. The molecule has 2 saturated heterocycles. The third kappa shape index (κ3) is 9.61. The van der Waals surface area contributed by atoms with Crippen molar-refractivity contribution >= 4 is 47.4 Å². The van der Waals surface area contributed by atoms with Gasteiger partial charge in [-0.25, -0.2) is 27.2 Å². The quantitative estimate of drug-likeness (QED) is 0.0961. The molecule has 0 radical (unpaired) electrons. The zero-order chi connectivity index (χ0) is 50.6. The van der Waals surface area contributed by atoms with E-state index in [2.05, 4.69) is 21.3 Å². The summed E-state index contributed by atoms with van der Waals surface area (Å²) in [6.45, 7) is 7.54. The van der Waals surface area contributed by atoms with E-state index in [1.807, 2.05) is 13.8 Å². The lowest BCUT2D eigenvalue weighted by molar-refractivity contribution is -0.128. The molecular weight excluding hydrogens is 917 g/mol. The highest BCUT2D eigenvalue weighted by atomic mass is 19.1. The average Bonchev–Trinajstić information content (AvgIpc) is 3.74. The van der Waals surface area contributed by atoms with Crippen LogP contribution in [0.1, 0.15) is 75.1 Å². The molecule has 8 atom stereocenters. The summed E-state index contributed by atoms with van der Waals surface area (Å²) in [7, 11) is 0. The Morgan fingerprint density at radius 2 is 1.00 bits per heavy atom. The summed E-state index contributed by atoms with van der Waals surface area (Å²) in [5, 5.41) is 31.0. The Morgan fingerprint density at radius 1 is 0.614 bits per heavy atom. The van der Waals surface area contributed by atoms with Gasteiger partial charge in [0.15, 0.2) is 0 Å². The normalized spacial score (nSPS) is 22.8.